The van der Waals surface area contributed by atoms with Gasteiger partial charge in [0, 0.05) is 12.1 Å². The summed E-state index contributed by atoms with van der Waals surface area (Å²) in [7, 11) is -7.22. The molecule has 2 aliphatic rings. The molecule has 154 valence electrons. The minimum Gasteiger partial charge on any atom is -0.303 e. The first kappa shape index (κ1) is 22.6. The highest BCUT2D eigenvalue weighted by Gasteiger charge is 2.29. The van der Waals surface area contributed by atoms with Gasteiger partial charge in [-0.3, -0.25) is 0 Å². The number of piperidine rings is 1. The third-order valence-electron chi connectivity index (χ3n) is 4.79. The fraction of sp³-hybridized carbons (Fsp3) is 0.647. The molecule has 3 rings (SSSR count). The molecule has 1 aromatic carbocycles. The maximum absolute atomic E-state index is 12.6. The van der Waals surface area contributed by atoms with Gasteiger partial charge in [-0.25, -0.2) is 26.3 Å². The van der Waals surface area contributed by atoms with Gasteiger partial charge in [0.25, 0.3) is 0 Å². The lowest BCUT2D eigenvalue weighted by Gasteiger charge is -2.31. The van der Waals surface area contributed by atoms with E-state index in [1.54, 1.807) is 0 Å². The summed E-state index contributed by atoms with van der Waals surface area (Å²) >= 11 is 0. The molecule has 1 saturated carbocycles. The average Bonchev–Trinajstić information content (AvgIpc) is 3.40. The topological polar surface area (TPSA) is 95.6 Å². The van der Waals surface area contributed by atoms with Crippen LogP contribution in [0, 0.1) is 0 Å². The van der Waals surface area contributed by atoms with Crippen LogP contribution in [0.2, 0.25) is 0 Å². The fourth-order valence-corrected chi connectivity index (χ4v) is 5.77. The molecule has 0 spiro atoms. The lowest BCUT2D eigenvalue weighted by molar-refractivity contribution is 0.208. The molecular formula is C17H28ClN3O4S2. The molecule has 2 fully saturated rings. The summed E-state index contributed by atoms with van der Waals surface area (Å²) in [4.78, 5) is 2.53. The maximum Gasteiger partial charge on any atom is 0.240 e. The molecule has 7 nitrogen and oxygen atoms in total. The molecule has 0 bridgehead atoms. The average molecular weight is 438 g/mol. The van der Waals surface area contributed by atoms with E-state index >= 15 is 0 Å². The van der Waals surface area contributed by atoms with Gasteiger partial charge < -0.3 is 4.90 Å². The van der Waals surface area contributed by atoms with Gasteiger partial charge in [-0.05, 0) is 76.0 Å². The van der Waals surface area contributed by atoms with Crippen molar-refractivity contribution in [3.63, 3.8) is 0 Å². The summed E-state index contributed by atoms with van der Waals surface area (Å²) < 4.78 is 54.8. The van der Waals surface area contributed by atoms with E-state index in [-0.39, 0.29) is 34.3 Å². The Kier molecular flexibility index (Phi) is 7.69. The third-order valence-corrected chi connectivity index (χ3v) is 7.87. The van der Waals surface area contributed by atoms with Crippen LogP contribution < -0.4 is 9.44 Å². The van der Waals surface area contributed by atoms with Crippen molar-refractivity contribution in [3.8, 4) is 0 Å². The zero-order valence-electron chi connectivity index (χ0n) is 15.4. The monoisotopic (exact) mass is 437 g/mol. The predicted octanol–water partition coefficient (Wildman–Crippen LogP) is 1.70. The molecule has 0 atom stereocenters. The Morgan fingerprint density at radius 2 is 1.26 bits per heavy atom. The summed E-state index contributed by atoms with van der Waals surface area (Å²) in [5.74, 6) is 0. The second kappa shape index (κ2) is 9.19. The summed E-state index contributed by atoms with van der Waals surface area (Å²) in [6, 6.07) is 5.36. The van der Waals surface area contributed by atoms with Crippen molar-refractivity contribution in [3.05, 3.63) is 24.3 Å². The highest BCUT2D eigenvalue weighted by molar-refractivity contribution is 7.90. The van der Waals surface area contributed by atoms with Crippen LogP contribution in [0.5, 0.6) is 0 Å². The van der Waals surface area contributed by atoms with E-state index in [1.165, 1.54) is 24.3 Å². The Morgan fingerprint density at radius 1 is 0.852 bits per heavy atom. The summed E-state index contributed by atoms with van der Waals surface area (Å²) in [6.07, 6.45) is 4.38. The molecule has 0 aromatic heterocycles. The molecule has 0 amide bonds. The summed E-state index contributed by atoms with van der Waals surface area (Å²) in [5, 5.41) is 0. The van der Waals surface area contributed by atoms with E-state index in [2.05, 4.69) is 21.3 Å². The zero-order valence-corrected chi connectivity index (χ0v) is 17.9. The van der Waals surface area contributed by atoms with Crippen LogP contribution >= 0.6 is 12.4 Å². The van der Waals surface area contributed by atoms with Gasteiger partial charge in [0.1, 0.15) is 0 Å². The molecule has 27 heavy (non-hydrogen) atoms. The molecular weight excluding hydrogens is 410 g/mol. The fourth-order valence-electron chi connectivity index (χ4n) is 3.16. The van der Waals surface area contributed by atoms with Gasteiger partial charge in [0.15, 0.2) is 0 Å². The number of nitrogens with zero attached hydrogens (tertiary/aromatic N) is 1. The van der Waals surface area contributed by atoms with Crippen molar-refractivity contribution in [2.24, 2.45) is 0 Å². The molecule has 1 heterocycles. The zero-order chi connectivity index (χ0) is 18.8. The molecule has 0 unspecified atom stereocenters. The molecule has 1 aliphatic heterocycles. The number of benzene rings is 1. The van der Waals surface area contributed by atoms with Crippen LogP contribution in [0.1, 0.15) is 39.0 Å². The van der Waals surface area contributed by atoms with E-state index in [4.69, 9.17) is 0 Å². The van der Waals surface area contributed by atoms with Gasteiger partial charge in [-0.1, -0.05) is 6.92 Å². The smallest absolute Gasteiger partial charge is 0.240 e. The molecule has 1 aromatic rings. The first-order valence-corrected chi connectivity index (χ1v) is 12.1. The Hall–Kier alpha value is -0.710. The van der Waals surface area contributed by atoms with Crippen LogP contribution in [0.4, 0.5) is 0 Å². The van der Waals surface area contributed by atoms with Crippen LogP contribution in [0.25, 0.3) is 0 Å². The predicted molar refractivity (Wildman–Crippen MR) is 107 cm³/mol. The SMILES string of the molecule is CCCN1CCC(NS(=O)(=O)c2ccc(S(=O)(=O)NC3CC3)cc2)CC1.Cl. The Morgan fingerprint density at radius 3 is 1.63 bits per heavy atom. The molecule has 10 heteroatoms. The van der Waals surface area contributed by atoms with E-state index in [0.29, 0.717) is 0 Å². The van der Waals surface area contributed by atoms with E-state index in [1.807, 2.05) is 0 Å². The van der Waals surface area contributed by atoms with Crippen molar-refractivity contribution in [1.29, 1.82) is 0 Å². The number of likely N-dealkylation sites (tertiary alicyclic amines) is 1. The van der Waals surface area contributed by atoms with Crippen molar-refractivity contribution in [2.45, 2.75) is 60.9 Å². The minimum atomic E-state index is -3.65. The van der Waals surface area contributed by atoms with Gasteiger partial charge in [0.05, 0.1) is 9.79 Å². The summed E-state index contributed by atoms with van der Waals surface area (Å²) in [6.45, 7) is 4.97. The lowest BCUT2D eigenvalue weighted by atomic mass is 10.1. The highest BCUT2D eigenvalue weighted by Crippen LogP contribution is 2.23. The number of hydrogen-bond acceptors (Lipinski definition) is 5. The normalized spacial score (nSPS) is 19.6. The maximum atomic E-state index is 12.6. The minimum absolute atomic E-state index is 0. The Bertz CT molecular complexity index is 816. The van der Waals surface area contributed by atoms with E-state index in [0.717, 1.165) is 51.7 Å². The second-order valence-electron chi connectivity index (χ2n) is 7.10. The quantitative estimate of drug-likeness (QED) is 0.645. The molecule has 1 saturated heterocycles. The number of rotatable bonds is 8. The Balaban J connectivity index is 0.00000261. The van der Waals surface area contributed by atoms with Crippen LogP contribution in [-0.2, 0) is 20.0 Å². The first-order chi connectivity index (χ1) is 12.3. The molecule has 2 N–H and O–H groups in total. The molecule has 0 radical (unpaired) electrons. The number of halogens is 1. The van der Waals surface area contributed by atoms with Crippen molar-refractivity contribution >= 4 is 32.5 Å². The van der Waals surface area contributed by atoms with E-state index in [9.17, 15) is 16.8 Å². The largest absolute Gasteiger partial charge is 0.303 e. The van der Waals surface area contributed by atoms with Gasteiger partial charge in [-0.2, -0.15) is 0 Å². The van der Waals surface area contributed by atoms with Crippen molar-refractivity contribution in [2.75, 3.05) is 19.6 Å². The van der Waals surface area contributed by atoms with Gasteiger partial charge in [-0.15, -0.1) is 12.4 Å². The van der Waals surface area contributed by atoms with Crippen LogP contribution in [0.15, 0.2) is 34.1 Å². The van der Waals surface area contributed by atoms with Crippen molar-refractivity contribution < 1.29 is 16.8 Å². The van der Waals surface area contributed by atoms with Gasteiger partial charge >= 0.3 is 0 Å². The van der Waals surface area contributed by atoms with E-state index < -0.39 is 20.0 Å². The summed E-state index contributed by atoms with van der Waals surface area (Å²) in [5.41, 5.74) is 0. The Labute approximate surface area is 168 Å². The number of hydrogen-bond donors (Lipinski definition) is 2. The number of sulfonamides is 2. The van der Waals surface area contributed by atoms with Crippen LogP contribution in [0.3, 0.4) is 0 Å². The van der Waals surface area contributed by atoms with Gasteiger partial charge in [0.2, 0.25) is 20.0 Å². The lowest BCUT2D eigenvalue weighted by Crippen LogP contribution is -2.44. The highest BCUT2D eigenvalue weighted by atomic mass is 35.5. The first-order valence-electron chi connectivity index (χ1n) is 9.17. The molecule has 1 aliphatic carbocycles. The van der Waals surface area contributed by atoms with Crippen LogP contribution in [-0.4, -0.2) is 53.5 Å². The van der Waals surface area contributed by atoms with Crippen molar-refractivity contribution in [1.82, 2.24) is 14.3 Å². The third kappa shape index (κ3) is 6.13. The standard InChI is InChI=1S/C17H27N3O4S2.ClH/c1-2-11-20-12-9-15(10-13-20)19-26(23,24)17-7-5-16(6-8-17)25(21,22)18-14-3-4-14;/h5-8,14-15,18-19H,2-4,9-13H2,1H3;1H. The number of nitrogens with one attached hydrogen (secondary N) is 2. The second-order valence-corrected chi connectivity index (χ2v) is 10.5.